The van der Waals surface area contributed by atoms with Crippen molar-refractivity contribution in [2.45, 2.75) is 58.9 Å². The predicted octanol–water partition coefficient (Wildman–Crippen LogP) is 3.19. The first kappa shape index (κ1) is 17.7. The summed E-state index contributed by atoms with van der Waals surface area (Å²) in [6.07, 6.45) is 3.94. The number of hydrogen-bond donors (Lipinski definition) is 1. The highest BCUT2D eigenvalue weighted by molar-refractivity contribution is 5.90. The van der Waals surface area contributed by atoms with Gasteiger partial charge in [0.1, 0.15) is 17.4 Å². The van der Waals surface area contributed by atoms with Gasteiger partial charge in [0, 0.05) is 30.5 Å². The van der Waals surface area contributed by atoms with Crippen LogP contribution in [0, 0.1) is 11.3 Å². The third-order valence-corrected chi connectivity index (χ3v) is 3.50. The van der Waals surface area contributed by atoms with Gasteiger partial charge in [0.15, 0.2) is 11.7 Å². The lowest BCUT2D eigenvalue weighted by Crippen LogP contribution is -2.14. The Kier molecular flexibility index (Phi) is 5.07. The maximum absolute atomic E-state index is 12.1. The summed E-state index contributed by atoms with van der Waals surface area (Å²) in [4.78, 5) is 16.3. The number of carbonyl (C=O) groups is 1. The molecule has 2 aromatic rings. The number of amides is 1. The molecule has 0 unspecified atom stereocenters. The van der Waals surface area contributed by atoms with Crippen molar-refractivity contribution in [3.8, 4) is 6.07 Å². The number of oxazole rings is 1. The van der Waals surface area contributed by atoms with Crippen molar-refractivity contribution in [1.82, 2.24) is 14.8 Å². The molecule has 0 atom stereocenters. The summed E-state index contributed by atoms with van der Waals surface area (Å²) in [6.45, 7) is 10.0. The normalized spacial score (nSPS) is 11.5. The summed E-state index contributed by atoms with van der Waals surface area (Å²) < 4.78 is 7.32. The van der Waals surface area contributed by atoms with Crippen LogP contribution < -0.4 is 5.32 Å². The van der Waals surface area contributed by atoms with E-state index in [0.717, 1.165) is 5.76 Å². The van der Waals surface area contributed by atoms with E-state index in [9.17, 15) is 4.79 Å². The molecule has 0 radical (unpaired) electrons. The molecule has 2 heterocycles. The first-order valence-electron chi connectivity index (χ1n) is 7.95. The lowest BCUT2D eigenvalue weighted by atomic mass is 9.94. The minimum atomic E-state index is -0.226. The minimum absolute atomic E-state index is 0.112. The quantitative estimate of drug-likeness (QED) is 0.908. The molecule has 0 aliphatic rings. The van der Waals surface area contributed by atoms with Crippen LogP contribution >= 0.6 is 0 Å². The molecule has 128 valence electrons. The molecule has 2 rings (SSSR count). The molecular weight excluding hydrogens is 306 g/mol. The molecule has 2 aromatic heterocycles. The maximum atomic E-state index is 12.1. The topological polar surface area (TPSA) is 96.7 Å². The van der Waals surface area contributed by atoms with Crippen LogP contribution in [0.3, 0.4) is 0 Å². The third kappa shape index (κ3) is 4.22. The summed E-state index contributed by atoms with van der Waals surface area (Å²) in [6, 6.07) is 2.16. The van der Waals surface area contributed by atoms with Crippen molar-refractivity contribution < 1.29 is 9.21 Å². The Hall–Kier alpha value is -2.62. The van der Waals surface area contributed by atoms with Gasteiger partial charge in [-0.05, 0) is 13.8 Å². The summed E-state index contributed by atoms with van der Waals surface area (Å²) in [7, 11) is 0. The average molecular weight is 329 g/mol. The molecule has 0 aliphatic heterocycles. The van der Waals surface area contributed by atoms with Crippen LogP contribution in [0.15, 0.2) is 16.8 Å². The number of anilines is 1. The molecule has 0 bridgehead atoms. The number of carbonyl (C=O) groups excluding carboxylic acids is 1. The molecule has 0 fully saturated rings. The molecule has 24 heavy (non-hydrogen) atoms. The lowest BCUT2D eigenvalue weighted by molar-refractivity contribution is -0.116. The van der Waals surface area contributed by atoms with Crippen LogP contribution in [0.4, 0.5) is 5.82 Å². The Morgan fingerprint density at radius 2 is 2.17 bits per heavy atom. The third-order valence-electron chi connectivity index (χ3n) is 3.50. The lowest BCUT2D eigenvalue weighted by Gasteiger charge is -2.13. The van der Waals surface area contributed by atoms with Gasteiger partial charge >= 0.3 is 0 Å². The molecule has 0 aliphatic carbocycles. The van der Waals surface area contributed by atoms with Gasteiger partial charge < -0.3 is 9.73 Å². The van der Waals surface area contributed by atoms with Gasteiger partial charge in [-0.2, -0.15) is 10.4 Å². The highest BCUT2D eigenvalue weighted by Gasteiger charge is 2.20. The second-order valence-electron chi connectivity index (χ2n) is 6.99. The van der Waals surface area contributed by atoms with Crippen LogP contribution in [0.2, 0.25) is 0 Å². The van der Waals surface area contributed by atoms with Gasteiger partial charge in [-0.1, -0.05) is 20.8 Å². The van der Waals surface area contributed by atoms with Gasteiger partial charge in [0.05, 0.1) is 6.20 Å². The summed E-state index contributed by atoms with van der Waals surface area (Å²) in [5, 5.41) is 16.0. The van der Waals surface area contributed by atoms with E-state index in [2.05, 4.69) is 15.4 Å². The van der Waals surface area contributed by atoms with Gasteiger partial charge in [-0.25, -0.2) is 4.98 Å². The molecule has 7 heteroatoms. The Morgan fingerprint density at radius 1 is 1.46 bits per heavy atom. The first-order chi connectivity index (χ1) is 11.2. The summed E-state index contributed by atoms with van der Waals surface area (Å²) in [5.74, 6) is 1.39. The zero-order valence-corrected chi connectivity index (χ0v) is 14.8. The second-order valence-corrected chi connectivity index (χ2v) is 6.99. The molecule has 0 aromatic carbocycles. The first-order valence-corrected chi connectivity index (χ1v) is 7.95. The Balaban J connectivity index is 1.97. The zero-order valence-electron chi connectivity index (χ0n) is 14.8. The molecule has 1 N–H and O–H groups in total. The van der Waals surface area contributed by atoms with Crippen molar-refractivity contribution >= 4 is 11.7 Å². The SMILES string of the molecule is CC(C)n1cc(C#N)c(NC(=O)CCc2ncc(C(C)(C)C)o2)n1. The van der Waals surface area contributed by atoms with E-state index >= 15 is 0 Å². The maximum Gasteiger partial charge on any atom is 0.226 e. The summed E-state index contributed by atoms with van der Waals surface area (Å²) >= 11 is 0. The Morgan fingerprint density at radius 3 is 2.71 bits per heavy atom. The Bertz CT molecular complexity index is 759. The fourth-order valence-corrected chi connectivity index (χ4v) is 2.02. The predicted molar refractivity (Wildman–Crippen MR) is 89.5 cm³/mol. The number of aromatic nitrogens is 3. The van der Waals surface area contributed by atoms with Crippen molar-refractivity contribution in [3.63, 3.8) is 0 Å². The van der Waals surface area contributed by atoms with E-state index in [4.69, 9.17) is 9.68 Å². The van der Waals surface area contributed by atoms with Crippen LogP contribution in [0.25, 0.3) is 0 Å². The highest BCUT2D eigenvalue weighted by Crippen LogP contribution is 2.23. The molecule has 0 saturated heterocycles. The number of aryl methyl sites for hydroxylation is 1. The molecule has 7 nitrogen and oxygen atoms in total. The summed E-state index contributed by atoms with van der Waals surface area (Å²) in [5.41, 5.74) is 0.238. The van der Waals surface area contributed by atoms with Crippen molar-refractivity contribution in [1.29, 1.82) is 5.26 Å². The monoisotopic (exact) mass is 329 g/mol. The molecule has 1 amide bonds. The highest BCUT2D eigenvalue weighted by atomic mass is 16.4. The zero-order chi connectivity index (χ0) is 17.9. The fourth-order valence-electron chi connectivity index (χ4n) is 2.02. The van der Waals surface area contributed by atoms with Gasteiger partial charge in [0.2, 0.25) is 5.91 Å². The van der Waals surface area contributed by atoms with Gasteiger partial charge in [0.25, 0.3) is 0 Å². The van der Waals surface area contributed by atoms with Crippen molar-refractivity contribution in [2.75, 3.05) is 5.32 Å². The largest absolute Gasteiger partial charge is 0.445 e. The number of nitriles is 1. The van der Waals surface area contributed by atoms with Crippen LogP contribution in [-0.2, 0) is 16.6 Å². The van der Waals surface area contributed by atoms with Gasteiger partial charge in [-0.15, -0.1) is 0 Å². The molecule has 0 spiro atoms. The second kappa shape index (κ2) is 6.87. The van der Waals surface area contributed by atoms with E-state index in [0.29, 0.717) is 23.7 Å². The number of nitrogens with zero attached hydrogens (tertiary/aromatic N) is 4. The van der Waals surface area contributed by atoms with E-state index in [1.165, 1.54) is 0 Å². The molecular formula is C17H23N5O2. The van der Waals surface area contributed by atoms with E-state index in [1.807, 2.05) is 40.7 Å². The van der Waals surface area contributed by atoms with E-state index in [-0.39, 0.29) is 23.8 Å². The number of rotatable bonds is 5. The average Bonchev–Trinajstić information content (AvgIpc) is 3.11. The van der Waals surface area contributed by atoms with Gasteiger partial charge in [-0.3, -0.25) is 9.48 Å². The van der Waals surface area contributed by atoms with Crippen LogP contribution in [0.5, 0.6) is 0 Å². The number of nitrogens with one attached hydrogen (secondary N) is 1. The van der Waals surface area contributed by atoms with Crippen LogP contribution in [-0.4, -0.2) is 20.7 Å². The smallest absolute Gasteiger partial charge is 0.226 e. The van der Waals surface area contributed by atoms with Crippen molar-refractivity contribution in [3.05, 3.63) is 29.6 Å². The van der Waals surface area contributed by atoms with Crippen molar-refractivity contribution in [2.24, 2.45) is 0 Å². The Labute approximate surface area is 141 Å². The number of hydrogen-bond acceptors (Lipinski definition) is 5. The fraction of sp³-hybridized carbons (Fsp3) is 0.529. The van der Waals surface area contributed by atoms with E-state index in [1.54, 1.807) is 17.1 Å². The molecule has 0 saturated carbocycles. The van der Waals surface area contributed by atoms with E-state index < -0.39 is 0 Å². The minimum Gasteiger partial charge on any atom is -0.445 e. The standard InChI is InChI=1S/C17H23N5O2/c1-11(2)22-10-12(8-18)16(21-22)20-14(23)6-7-15-19-9-13(24-15)17(3,4)5/h9-11H,6-7H2,1-5H3,(H,20,21,23). The van der Waals surface area contributed by atoms with Crippen LogP contribution in [0.1, 0.15) is 64.3 Å².